The van der Waals surface area contributed by atoms with Crippen molar-refractivity contribution in [3.05, 3.63) is 34.9 Å². The molecule has 5 heteroatoms. The van der Waals surface area contributed by atoms with Gasteiger partial charge in [-0.15, -0.1) is 0 Å². The predicted molar refractivity (Wildman–Crippen MR) is 72.3 cm³/mol. The fourth-order valence-corrected chi connectivity index (χ4v) is 2.56. The van der Waals surface area contributed by atoms with Gasteiger partial charge in [-0.1, -0.05) is 18.5 Å². The van der Waals surface area contributed by atoms with Gasteiger partial charge in [0.15, 0.2) is 0 Å². The van der Waals surface area contributed by atoms with E-state index in [1.165, 1.54) is 0 Å². The van der Waals surface area contributed by atoms with Gasteiger partial charge >= 0.3 is 5.97 Å². The highest BCUT2D eigenvalue weighted by atomic mass is 35.5. The lowest BCUT2D eigenvalue weighted by Gasteiger charge is -2.23. The highest BCUT2D eigenvalue weighted by Crippen LogP contribution is 2.34. The highest BCUT2D eigenvalue weighted by molar-refractivity contribution is 6.30. The third-order valence-corrected chi connectivity index (χ3v) is 4.11. The van der Waals surface area contributed by atoms with E-state index in [0.29, 0.717) is 30.0 Å². The molecule has 1 N–H and O–H groups in total. The van der Waals surface area contributed by atoms with E-state index in [-0.39, 0.29) is 12.5 Å². The van der Waals surface area contributed by atoms with Crippen LogP contribution in [0.3, 0.4) is 0 Å². The number of carbonyl (C=O) groups excluding carboxylic acids is 1. The predicted octanol–water partition coefficient (Wildman–Crippen LogP) is 2.67. The number of hydrogen-bond donors (Lipinski definition) is 1. The lowest BCUT2D eigenvalue weighted by molar-refractivity contribution is -0.148. The first kappa shape index (κ1) is 13.9. The number of likely N-dealkylation sites (tertiary alicyclic amines) is 1. The summed E-state index contributed by atoms with van der Waals surface area (Å²) in [6.07, 6.45) is 1.05. The second-order valence-corrected chi connectivity index (χ2v) is 5.36. The number of carboxylic acids is 1. The Morgan fingerprint density at radius 1 is 1.37 bits per heavy atom. The van der Waals surface area contributed by atoms with Gasteiger partial charge in [0.25, 0.3) is 5.91 Å². The molecule has 1 aliphatic heterocycles. The number of carboxylic acid groups (broad SMARTS) is 1. The number of rotatable bonds is 3. The van der Waals surface area contributed by atoms with Crippen LogP contribution < -0.4 is 0 Å². The summed E-state index contributed by atoms with van der Waals surface area (Å²) in [6, 6.07) is 6.65. The number of hydrogen-bond acceptors (Lipinski definition) is 2. The third-order valence-electron chi connectivity index (χ3n) is 3.86. The van der Waals surface area contributed by atoms with Crippen molar-refractivity contribution in [3.8, 4) is 0 Å². The minimum atomic E-state index is -0.818. The van der Waals surface area contributed by atoms with Gasteiger partial charge in [0, 0.05) is 23.7 Å². The van der Waals surface area contributed by atoms with Gasteiger partial charge in [-0.25, -0.2) is 0 Å². The first-order valence-electron chi connectivity index (χ1n) is 6.27. The zero-order valence-electron chi connectivity index (χ0n) is 10.7. The molecule has 1 aromatic carbocycles. The molecule has 1 aromatic rings. The van der Waals surface area contributed by atoms with E-state index in [4.69, 9.17) is 11.6 Å². The van der Waals surface area contributed by atoms with Gasteiger partial charge < -0.3 is 10.0 Å². The standard InChI is InChI=1S/C14H16ClNO3/c1-2-14(13(18)19)7-8-16(9-14)12(17)10-3-5-11(15)6-4-10/h3-6H,2,7-9H2,1H3,(H,18,19). The molecule has 1 amide bonds. The van der Waals surface area contributed by atoms with Crippen molar-refractivity contribution in [1.29, 1.82) is 0 Å². The lowest BCUT2D eigenvalue weighted by Crippen LogP contribution is -2.36. The van der Waals surface area contributed by atoms with Gasteiger partial charge in [0.2, 0.25) is 0 Å². The molecule has 0 bridgehead atoms. The van der Waals surface area contributed by atoms with Crippen LogP contribution >= 0.6 is 11.6 Å². The fourth-order valence-electron chi connectivity index (χ4n) is 2.44. The fraction of sp³-hybridized carbons (Fsp3) is 0.429. The normalized spacial score (nSPS) is 22.5. The molecule has 19 heavy (non-hydrogen) atoms. The van der Waals surface area contributed by atoms with Crippen LogP contribution in [0.25, 0.3) is 0 Å². The highest BCUT2D eigenvalue weighted by Gasteiger charge is 2.44. The number of carbonyl (C=O) groups is 2. The molecule has 102 valence electrons. The Labute approximate surface area is 117 Å². The summed E-state index contributed by atoms with van der Waals surface area (Å²) in [7, 11) is 0. The van der Waals surface area contributed by atoms with Crippen molar-refractivity contribution < 1.29 is 14.7 Å². The first-order valence-corrected chi connectivity index (χ1v) is 6.64. The molecule has 0 aliphatic carbocycles. The summed E-state index contributed by atoms with van der Waals surface area (Å²) in [5.74, 6) is -0.949. The average molecular weight is 282 g/mol. The minimum absolute atomic E-state index is 0.131. The summed E-state index contributed by atoms with van der Waals surface area (Å²) in [6.45, 7) is 2.62. The van der Waals surface area contributed by atoms with E-state index in [1.54, 1.807) is 29.2 Å². The Hall–Kier alpha value is -1.55. The molecule has 1 aliphatic rings. The van der Waals surface area contributed by atoms with Gasteiger partial charge in [-0.05, 0) is 37.1 Å². The summed E-state index contributed by atoms with van der Waals surface area (Å²) in [5, 5.41) is 9.89. The molecule has 0 aromatic heterocycles. The molecule has 1 fully saturated rings. The Balaban J connectivity index is 2.14. The summed E-state index contributed by atoms with van der Waals surface area (Å²) < 4.78 is 0. The van der Waals surface area contributed by atoms with Crippen molar-refractivity contribution >= 4 is 23.5 Å². The van der Waals surface area contributed by atoms with Crippen molar-refractivity contribution in [3.63, 3.8) is 0 Å². The summed E-state index contributed by atoms with van der Waals surface area (Å²) in [5.41, 5.74) is -0.246. The summed E-state index contributed by atoms with van der Waals surface area (Å²) in [4.78, 5) is 25.2. The lowest BCUT2D eigenvalue weighted by atomic mass is 9.84. The van der Waals surface area contributed by atoms with Crippen LogP contribution in [0.4, 0.5) is 0 Å². The molecule has 1 unspecified atom stereocenters. The van der Waals surface area contributed by atoms with Crippen molar-refractivity contribution in [2.24, 2.45) is 5.41 Å². The zero-order valence-corrected chi connectivity index (χ0v) is 11.5. The zero-order chi connectivity index (χ0) is 14.0. The van der Waals surface area contributed by atoms with Crippen LogP contribution in [-0.2, 0) is 4.79 Å². The largest absolute Gasteiger partial charge is 0.481 e. The van der Waals surface area contributed by atoms with Crippen LogP contribution in [0.2, 0.25) is 5.02 Å². The van der Waals surface area contributed by atoms with Crippen LogP contribution in [0, 0.1) is 5.41 Å². The summed E-state index contributed by atoms with van der Waals surface area (Å²) >= 11 is 5.78. The molecule has 1 saturated heterocycles. The van der Waals surface area contributed by atoms with E-state index >= 15 is 0 Å². The van der Waals surface area contributed by atoms with Gasteiger partial charge in [-0.2, -0.15) is 0 Å². The van der Waals surface area contributed by atoms with Crippen molar-refractivity contribution in [2.75, 3.05) is 13.1 Å². The van der Waals surface area contributed by atoms with E-state index < -0.39 is 11.4 Å². The van der Waals surface area contributed by atoms with Crippen LogP contribution in [-0.4, -0.2) is 35.0 Å². The maximum absolute atomic E-state index is 12.3. The Morgan fingerprint density at radius 2 is 2.00 bits per heavy atom. The van der Waals surface area contributed by atoms with Gasteiger partial charge in [0.05, 0.1) is 5.41 Å². The SMILES string of the molecule is CCC1(C(=O)O)CCN(C(=O)c2ccc(Cl)cc2)C1. The van der Waals surface area contributed by atoms with Gasteiger partial charge in [-0.3, -0.25) is 9.59 Å². The molecule has 0 spiro atoms. The number of benzene rings is 1. The number of amides is 1. The van der Waals surface area contributed by atoms with Crippen molar-refractivity contribution in [2.45, 2.75) is 19.8 Å². The monoisotopic (exact) mass is 281 g/mol. The number of aliphatic carboxylic acids is 1. The molecule has 1 heterocycles. The van der Waals surface area contributed by atoms with E-state index in [0.717, 1.165) is 0 Å². The third kappa shape index (κ3) is 2.59. The molecule has 1 atom stereocenters. The minimum Gasteiger partial charge on any atom is -0.481 e. The maximum Gasteiger partial charge on any atom is 0.311 e. The topological polar surface area (TPSA) is 57.6 Å². The van der Waals surface area contributed by atoms with Crippen LogP contribution in [0.1, 0.15) is 30.1 Å². The Kier molecular flexibility index (Phi) is 3.80. The average Bonchev–Trinajstić information content (AvgIpc) is 2.84. The second kappa shape index (κ2) is 5.21. The quantitative estimate of drug-likeness (QED) is 0.927. The molecular weight excluding hydrogens is 266 g/mol. The van der Waals surface area contributed by atoms with Crippen LogP contribution in [0.5, 0.6) is 0 Å². The second-order valence-electron chi connectivity index (χ2n) is 4.92. The molecule has 0 radical (unpaired) electrons. The Morgan fingerprint density at radius 3 is 2.47 bits per heavy atom. The molecular formula is C14H16ClNO3. The Bertz CT molecular complexity index is 500. The van der Waals surface area contributed by atoms with E-state index in [1.807, 2.05) is 6.92 Å². The maximum atomic E-state index is 12.3. The molecule has 4 nitrogen and oxygen atoms in total. The number of nitrogens with zero attached hydrogens (tertiary/aromatic N) is 1. The van der Waals surface area contributed by atoms with Crippen molar-refractivity contribution in [1.82, 2.24) is 4.90 Å². The van der Waals surface area contributed by atoms with Gasteiger partial charge in [0.1, 0.15) is 0 Å². The van der Waals surface area contributed by atoms with E-state index in [2.05, 4.69) is 0 Å². The van der Waals surface area contributed by atoms with Crippen LogP contribution in [0.15, 0.2) is 24.3 Å². The first-order chi connectivity index (χ1) is 8.98. The van der Waals surface area contributed by atoms with E-state index in [9.17, 15) is 14.7 Å². The number of halogens is 1. The smallest absolute Gasteiger partial charge is 0.311 e. The molecule has 0 saturated carbocycles. The molecule has 2 rings (SSSR count).